The van der Waals surface area contributed by atoms with E-state index >= 15 is 0 Å². The summed E-state index contributed by atoms with van der Waals surface area (Å²) in [7, 11) is 1.46. The Morgan fingerprint density at radius 3 is 2.29 bits per heavy atom. The van der Waals surface area contributed by atoms with Crippen LogP contribution in [0.15, 0.2) is 66.7 Å². The van der Waals surface area contributed by atoms with E-state index in [0.717, 1.165) is 4.90 Å². The van der Waals surface area contributed by atoms with Gasteiger partial charge in [0.2, 0.25) is 0 Å². The molecule has 0 bridgehead atoms. The third-order valence-corrected chi connectivity index (χ3v) is 4.62. The van der Waals surface area contributed by atoms with Crippen LogP contribution in [0, 0.1) is 10.1 Å². The predicted molar refractivity (Wildman–Crippen MR) is 103 cm³/mol. The van der Waals surface area contributed by atoms with Gasteiger partial charge in [0, 0.05) is 6.07 Å². The average molecular weight is 374 g/mol. The second kappa shape index (κ2) is 6.62. The molecule has 138 valence electrons. The number of carbonyl (C=O) groups is 2. The van der Waals surface area contributed by atoms with Crippen LogP contribution < -0.4 is 9.64 Å². The number of rotatable bonds is 4. The van der Waals surface area contributed by atoms with Gasteiger partial charge in [0.25, 0.3) is 17.5 Å². The number of hydrogen-bond acceptors (Lipinski definition) is 5. The van der Waals surface area contributed by atoms with Gasteiger partial charge in [-0.2, -0.15) is 0 Å². The van der Waals surface area contributed by atoms with Gasteiger partial charge in [-0.3, -0.25) is 19.7 Å². The van der Waals surface area contributed by atoms with Crippen molar-refractivity contribution in [2.75, 3.05) is 12.0 Å². The third-order valence-electron chi connectivity index (χ3n) is 4.62. The number of carbonyl (C=O) groups excluding carboxylic acids is 2. The average Bonchev–Trinajstić information content (AvgIpc) is 2.97. The molecule has 0 fully saturated rings. The van der Waals surface area contributed by atoms with E-state index in [1.54, 1.807) is 48.5 Å². The van der Waals surface area contributed by atoms with Crippen LogP contribution in [0.1, 0.15) is 20.7 Å². The summed E-state index contributed by atoms with van der Waals surface area (Å²) in [6, 6.07) is 17.7. The first-order valence-electron chi connectivity index (χ1n) is 8.42. The van der Waals surface area contributed by atoms with Gasteiger partial charge in [-0.15, -0.1) is 0 Å². The predicted octanol–water partition coefficient (Wildman–Crippen LogP) is 4.07. The zero-order valence-electron chi connectivity index (χ0n) is 14.8. The summed E-state index contributed by atoms with van der Waals surface area (Å²) in [5.74, 6) is -0.556. The summed E-state index contributed by atoms with van der Waals surface area (Å²) in [5, 5.41) is 11.3. The fraction of sp³-hybridized carbons (Fsp3) is 0.0476. The number of hydrogen-bond donors (Lipinski definition) is 0. The molecule has 1 aliphatic rings. The Labute approximate surface area is 159 Å². The Balaban J connectivity index is 1.82. The topological polar surface area (TPSA) is 89.8 Å². The minimum absolute atomic E-state index is 0.0687. The van der Waals surface area contributed by atoms with Gasteiger partial charge in [0.05, 0.1) is 34.4 Å². The van der Waals surface area contributed by atoms with Gasteiger partial charge in [-0.25, -0.2) is 4.90 Å². The van der Waals surface area contributed by atoms with Crippen molar-refractivity contribution in [3.05, 3.63) is 88.0 Å². The Morgan fingerprint density at radius 1 is 0.857 bits per heavy atom. The van der Waals surface area contributed by atoms with Crippen molar-refractivity contribution in [1.82, 2.24) is 0 Å². The molecule has 0 radical (unpaired) electrons. The van der Waals surface area contributed by atoms with Crippen molar-refractivity contribution in [2.45, 2.75) is 0 Å². The number of amides is 2. The largest absolute Gasteiger partial charge is 0.495 e. The highest BCUT2D eigenvalue weighted by Gasteiger charge is 2.38. The fourth-order valence-electron chi connectivity index (χ4n) is 3.32. The Bertz CT molecular complexity index is 1140. The molecule has 7 heteroatoms. The van der Waals surface area contributed by atoms with Crippen LogP contribution in [0.4, 0.5) is 11.4 Å². The monoisotopic (exact) mass is 374 g/mol. The summed E-state index contributed by atoms with van der Waals surface area (Å²) in [6.07, 6.45) is 0. The van der Waals surface area contributed by atoms with Gasteiger partial charge in [0.15, 0.2) is 0 Å². The van der Waals surface area contributed by atoms with Crippen LogP contribution in [0.5, 0.6) is 5.75 Å². The van der Waals surface area contributed by atoms with E-state index in [1.165, 1.54) is 25.3 Å². The Hall–Kier alpha value is -4.00. The van der Waals surface area contributed by atoms with E-state index in [2.05, 4.69) is 0 Å². The zero-order chi connectivity index (χ0) is 19.8. The summed E-state index contributed by atoms with van der Waals surface area (Å²) in [4.78, 5) is 37.7. The number of methoxy groups -OCH3 is 1. The van der Waals surface area contributed by atoms with Crippen LogP contribution in [0.3, 0.4) is 0 Å². The number of imide groups is 1. The highest BCUT2D eigenvalue weighted by molar-refractivity contribution is 6.35. The van der Waals surface area contributed by atoms with Crippen molar-refractivity contribution < 1.29 is 19.2 Å². The first-order valence-corrected chi connectivity index (χ1v) is 8.42. The van der Waals surface area contributed by atoms with E-state index in [0.29, 0.717) is 22.6 Å². The smallest absolute Gasteiger partial charge is 0.277 e. The molecule has 0 N–H and O–H groups in total. The first-order chi connectivity index (χ1) is 13.5. The van der Waals surface area contributed by atoms with Crippen molar-refractivity contribution >= 4 is 23.2 Å². The van der Waals surface area contributed by atoms with E-state index in [1.807, 2.05) is 0 Å². The highest BCUT2D eigenvalue weighted by Crippen LogP contribution is 2.37. The summed E-state index contributed by atoms with van der Waals surface area (Å²) in [5.41, 5.74) is 1.61. The molecular weight excluding hydrogens is 360 g/mol. The Morgan fingerprint density at radius 2 is 1.54 bits per heavy atom. The van der Waals surface area contributed by atoms with Crippen molar-refractivity contribution in [1.29, 1.82) is 0 Å². The second-order valence-corrected chi connectivity index (χ2v) is 6.15. The standard InChI is InChI=1S/C21H14N2O5/c1-28-19-9-5-4-8-18(19)22-20(24)15-11-10-13(12-16(15)21(22)25)14-6-2-3-7-17(14)23(26)27/h2-12H,1H3. The molecule has 0 aliphatic carbocycles. The molecule has 0 aromatic heterocycles. The van der Waals surface area contributed by atoms with Crippen LogP contribution >= 0.6 is 0 Å². The van der Waals surface area contributed by atoms with Crippen molar-refractivity contribution in [2.24, 2.45) is 0 Å². The van der Waals surface area contributed by atoms with Crippen molar-refractivity contribution in [3.8, 4) is 16.9 Å². The van der Waals surface area contributed by atoms with Gasteiger partial charge in [0.1, 0.15) is 5.75 Å². The van der Waals surface area contributed by atoms with Crippen LogP contribution in [-0.2, 0) is 0 Å². The summed E-state index contributed by atoms with van der Waals surface area (Å²) in [6.45, 7) is 0. The lowest BCUT2D eigenvalue weighted by atomic mass is 9.99. The van der Waals surface area contributed by atoms with E-state index in [9.17, 15) is 19.7 Å². The molecule has 4 rings (SSSR count). The number of para-hydroxylation sites is 3. The maximum Gasteiger partial charge on any atom is 0.277 e. The molecule has 0 atom stereocenters. The minimum atomic E-state index is -0.495. The lowest BCUT2D eigenvalue weighted by Gasteiger charge is -2.16. The molecule has 0 spiro atoms. The molecule has 2 amide bonds. The summed E-state index contributed by atoms with van der Waals surface area (Å²) >= 11 is 0. The maximum atomic E-state index is 13.0. The molecule has 1 heterocycles. The molecule has 0 saturated heterocycles. The van der Waals surface area contributed by atoms with Gasteiger partial charge in [-0.1, -0.05) is 30.3 Å². The minimum Gasteiger partial charge on any atom is -0.495 e. The lowest BCUT2D eigenvalue weighted by molar-refractivity contribution is -0.384. The van der Waals surface area contributed by atoms with Crippen LogP contribution in [0.2, 0.25) is 0 Å². The Kier molecular flexibility index (Phi) is 4.12. The normalized spacial score (nSPS) is 12.8. The SMILES string of the molecule is COc1ccccc1N1C(=O)c2ccc(-c3ccccc3[N+](=O)[O-])cc2C1=O. The number of nitro groups is 1. The highest BCUT2D eigenvalue weighted by atomic mass is 16.6. The number of anilines is 1. The lowest BCUT2D eigenvalue weighted by Crippen LogP contribution is -2.29. The van der Waals surface area contributed by atoms with Gasteiger partial charge in [-0.05, 0) is 35.9 Å². The molecule has 1 aliphatic heterocycles. The summed E-state index contributed by atoms with van der Waals surface area (Å²) < 4.78 is 5.27. The quantitative estimate of drug-likeness (QED) is 0.390. The maximum absolute atomic E-state index is 13.0. The number of benzene rings is 3. The number of nitrogens with zero attached hydrogens (tertiary/aromatic N) is 2. The van der Waals surface area contributed by atoms with Crippen molar-refractivity contribution in [3.63, 3.8) is 0 Å². The molecule has 28 heavy (non-hydrogen) atoms. The first kappa shape index (κ1) is 17.4. The van der Waals surface area contributed by atoms with Gasteiger partial charge >= 0.3 is 0 Å². The molecule has 7 nitrogen and oxygen atoms in total. The molecule has 3 aromatic rings. The second-order valence-electron chi connectivity index (χ2n) is 6.15. The third kappa shape index (κ3) is 2.61. The molecule has 0 unspecified atom stereocenters. The fourth-order valence-corrected chi connectivity index (χ4v) is 3.32. The number of nitro benzene ring substituents is 1. The van der Waals surface area contributed by atoms with E-state index in [4.69, 9.17) is 4.74 Å². The number of fused-ring (bicyclic) bond motifs is 1. The molecule has 0 saturated carbocycles. The zero-order valence-corrected chi connectivity index (χ0v) is 14.8. The van der Waals surface area contributed by atoms with E-state index in [-0.39, 0.29) is 16.8 Å². The van der Waals surface area contributed by atoms with E-state index < -0.39 is 16.7 Å². The molecular formula is C21H14N2O5. The van der Waals surface area contributed by atoms with Gasteiger partial charge < -0.3 is 4.74 Å². The van der Waals surface area contributed by atoms with Crippen LogP contribution in [0.25, 0.3) is 11.1 Å². The van der Waals surface area contributed by atoms with Crippen LogP contribution in [-0.4, -0.2) is 23.8 Å². The molecule has 3 aromatic carbocycles. The number of ether oxygens (including phenoxy) is 1.